The zero-order chi connectivity index (χ0) is 17.3. The minimum atomic E-state index is -3.81. The molecule has 0 fully saturated rings. The van der Waals surface area contributed by atoms with Gasteiger partial charge < -0.3 is 9.30 Å². The minimum Gasteiger partial charge on any atom is -0.495 e. The van der Waals surface area contributed by atoms with Crippen LogP contribution in [-0.2, 0) is 16.6 Å². The number of nitrogens with zero attached hydrogens (tertiary/aromatic N) is 2. The maximum absolute atomic E-state index is 12.6. The number of halogens is 1. The standard InChI is InChI=1S/C16H15ClN2O3S2/c1-3-19-15-13(22-2)5-4-6-14(15)23-16(19)18-24(20,21)12-9-7-11(17)8-10-12/h4-10H,3H2,1-2H3. The predicted octanol–water partition coefficient (Wildman–Crippen LogP) is 3.67. The van der Waals surface area contributed by atoms with Gasteiger partial charge in [-0.25, -0.2) is 0 Å². The normalized spacial score (nSPS) is 12.7. The summed E-state index contributed by atoms with van der Waals surface area (Å²) in [4.78, 5) is 0.519. The average molecular weight is 383 g/mol. The number of para-hydroxylation sites is 1. The number of hydrogen-bond donors (Lipinski definition) is 0. The smallest absolute Gasteiger partial charge is 0.285 e. The van der Waals surface area contributed by atoms with Gasteiger partial charge in [0.25, 0.3) is 10.0 Å². The number of hydrogen-bond acceptors (Lipinski definition) is 4. The SMILES string of the molecule is CCn1c(=NS(=O)(=O)c2ccc(Cl)cc2)sc2cccc(OC)c21. The van der Waals surface area contributed by atoms with Gasteiger partial charge >= 0.3 is 0 Å². The van der Waals surface area contributed by atoms with Crippen molar-refractivity contribution >= 4 is 43.2 Å². The van der Waals surface area contributed by atoms with Crippen molar-refractivity contribution in [3.8, 4) is 5.75 Å². The summed E-state index contributed by atoms with van der Waals surface area (Å²) in [7, 11) is -2.22. The Labute approximate surface area is 148 Å². The Kier molecular flexibility index (Phi) is 4.67. The number of rotatable bonds is 4. The molecule has 0 aliphatic heterocycles. The zero-order valence-corrected chi connectivity index (χ0v) is 15.5. The average Bonchev–Trinajstić information content (AvgIpc) is 2.91. The van der Waals surface area contributed by atoms with E-state index in [1.807, 2.05) is 29.7 Å². The molecule has 0 saturated carbocycles. The summed E-state index contributed by atoms with van der Waals surface area (Å²) in [6.45, 7) is 2.52. The van der Waals surface area contributed by atoms with Gasteiger partial charge in [-0.1, -0.05) is 29.0 Å². The van der Waals surface area contributed by atoms with Crippen molar-refractivity contribution in [1.29, 1.82) is 0 Å². The van der Waals surface area contributed by atoms with Crippen LogP contribution in [0.15, 0.2) is 51.8 Å². The first kappa shape index (κ1) is 17.0. The lowest BCUT2D eigenvalue weighted by Gasteiger charge is -2.05. The molecule has 2 aromatic carbocycles. The Balaban J connectivity index is 2.25. The second kappa shape index (κ2) is 6.58. The second-order valence-corrected chi connectivity index (χ2v) is 8.01. The predicted molar refractivity (Wildman–Crippen MR) is 96.2 cm³/mol. The molecule has 1 aromatic heterocycles. The minimum absolute atomic E-state index is 0.110. The molecule has 0 aliphatic carbocycles. The molecule has 0 amide bonds. The van der Waals surface area contributed by atoms with E-state index in [1.165, 1.54) is 35.6 Å². The summed E-state index contributed by atoms with van der Waals surface area (Å²) in [6.07, 6.45) is 0. The van der Waals surface area contributed by atoms with E-state index in [1.54, 1.807) is 7.11 Å². The zero-order valence-electron chi connectivity index (χ0n) is 13.1. The molecule has 0 radical (unpaired) electrons. The summed E-state index contributed by atoms with van der Waals surface area (Å²) < 4.78 is 37.3. The molecule has 0 atom stereocenters. The number of ether oxygens (including phenoxy) is 1. The molecule has 8 heteroatoms. The molecule has 0 spiro atoms. The van der Waals surface area contributed by atoms with Gasteiger partial charge in [0.2, 0.25) is 4.80 Å². The van der Waals surface area contributed by atoms with E-state index < -0.39 is 10.0 Å². The van der Waals surface area contributed by atoms with Gasteiger partial charge in [-0.3, -0.25) is 0 Å². The number of methoxy groups -OCH3 is 1. The third kappa shape index (κ3) is 3.07. The maximum Gasteiger partial charge on any atom is 0.285 e. The van der Waals surface area contributed by atoms with Crippen LogP contribution in [0, 0.1) is 0 Å². The lowest BCUT2D eigenvalue weighted by molar-refractivity contribution is 0.417. The van der Waals surface area contributed by atoms with E-state index in [0.717, 1.165) is 10.2 Å². The highest BCUT2D eigenvalue weighted by atomic mass is 35.5. The van der Waals surface area contributed by atoms with E-state index in [4.69, 9.17) is 16.3 Å². The van der Waals surface area contributed by atoms with Gasteiger partial charge in [0, 0.05) is 11.6 Å². The highest BCUT2D eigenvalue weighted by Gasteiger charge is 2.15. The Bertz CT molecular complexity index is 1050. The van der Waals surface area contributed by atoms with Gasteiger partial charge in [-0.2, -0.15) is 8.42 Å². The third-order valence-electron chi connectivity index (χ3n) is 3.51. The second-order valence-electron chi connectivity index (χ2n) is 4.96. The summed E-state index contributed by atoms with van der Waals surface area (Å²) in [5.41, 5.74) is 0.845. The van der Waals surface area contributed by atoms with Crippen LogP contribution in [0.25, 0.3) is 10.2 Å². The van der Waals surface area contributed by atoms with Gasteiger partial charge in [0.15, 0.2) is 0 Å². The Morgan fingerprint density at radius 1 is 1.21 bits per heavy atom. The van der Waals surface area contributed by atoms with E-state index >= 15 is 0 Å². The molecule has 0 saturated heterocycles. The van der Waals surface area contributed by atoms with Crippen molar-refractivity contribution in [2.45, 2.75) is 18.4 Å². The fourth-order valence-electron chi connectivity index (χ4n) is 2.39. The third-order valence-corrected chi connectivity index (χ3v) is 6.20. The number of fused-ring (bicyclic) bond motifs is 1. The molecule has 1 heterocycles. The molecule has 5 nitrogen and oxygen atoms in total. The van der Waals surface area contributed by atoms with Crippen molar-refractivity contribution in [3.63, 3.8) is 0 Å². The summed E-state index contributed by atoms with van der Waals surface area (Å²) >= 11 is 7.13. The van der Waals surface area contributed by atoms with Crippen LogP contribution >= 0.6 is 22.9 Å². The molecule has 0 aliphatic rings. The van der Waals surface area contributed by atoms with E-state index in [2.05, 4.69) is 4.40 Å². The van der Waals surface area contributed by atoms with Crippen LogP contribution in [0.2, 0.25) is 5.02 Å². The van der Waals surface area contributed by atoms with Gasteiger partial charge in [0.05, 0.1) is 16.7 Å². The first-order valence-electron chi connectivity index (χ1n) is 7.19. The van der Waals surface area contributed by atoms with Gasteiger partial charge in [-0.15, -0.1) is 4.40 Å². The highest BCUT2D eigenvalue weighted by Crippen LogP contribution is 2.27. The molecule has 24 heavy (non-hydrogen) atoms. The first-order valence-corrected chi connectivity index (χ1v) is 9.82. The fourth-order valence-corrected chi connectivity index (χ4v) is 4.83. The molecule has 0 bridgehead atoms. The molecule has 126 valence electrons. The van der Waals surface area contributed by atoms with Crippen LogP contribution in [0.3, 0.4) is 0 Å². The van der Waals surface area contributed by atoms with E-state index in [9.17, 15) is 8.42 Å². The van der Waals surface area contributed by atoms with E-state index in [-0.39, 0.29) is 4.90 Å². The van der Waals surface area contributed by atoms with Crippen molar-refractivity contribution in [2.24, 2.45) is 4.40 Å². The molecule has 3 aromatic rings. The topological polar surface area (TPSA) is 60.7 Å². The monoisotopic (exact) mass is 382 g/mol. The Morgan fingerprint density at radius 3 is 2.54 bits per heavy atom. The number of aromatic nitrogens is 1. The summed E-state index contributed by atoms with van der Waals surface area (Å²) in [5.74, 6) is 0.691. The molecule has 0 N–H and O–H groups in total. The van der Waals surface area contributed by atoms with Crippen LogP contribution < -0.4 is 9.54 Å². The largest absolute Gasteiger partial charge is 0.495 e. The van der Waals surface area contributed by atoms with Gasteiger partial charge in [-0.05, 0) is 43.3 Å². The van der Waals surface area contributed by atoms with Crippen LogP contribution in [-0.4, -0.2) is 20.1 Å². The molecular formula is C16H15ClN2O3S2. The molecule has 3 rings (SSSR count). The van der Waals surface area contributed by atoms with Crippen molar-refractivity contribution in [3.05, 3.63) is 52.3 Å². The lowest BCUT2D eigenvalue weighted by atomic mass is 10.3. The number of aryl methyl sites for hydroxylation is 1. The van der Waals surface area contributed by atoms with Gasteiger partial charge in [0.1, 0.15) is 11.3 Å². The maximum atomic E-state index is 12.6. The van der Waals surface area contributed by atoms with E-state index in [0.29, 0.717) is 22.1 Å². The molecule has 0 unspecified atom stereocenters. The van der Waals surface area contributed by atoms with Crippen LogP contribution in [0.5, 0.6) is 5.75 Å². The molecular weight excluding hydrogens is 368 g/mol. The first-order chi connectivity index (χ1) is 11.5. The van der Waals surface area contributed by atoms with Crippen LogP contribution in [0.1, 0.15) is 6.92 Å². The lowest BCUT2D eigenvalue weighted by Crippen LogP contribution is -2.16. The summed E-state index contributed by atoms with van der Waals surface area (Å²) in [6, 6.07) is 11.6. The number of thiazole rings is 1. The summed E-state index contributed by atoms with van der Waals surface area (Å²) in [5, 5.41) is 0.476. The van der Waals surface area contributed by atoms with Crippen molar-refractivity contribution in [1.82, 2.24) is 4.57 Å². The fraction of sp³-hybridized carbons (Fsp3) is 0.188. The van der Waals surface area contributed by atoms with Crippen LogP contribution in [0.4, 0.5) is 0 Å². The number of sulfonamides is 1. The highest BCUT2D eigenvalue weighted by molar-refractivity contribution is 7.90. The Hall–Kier alpha value is -1.83. The number of benzene rings is 2. The van der Waals surface area contributed by atoms with Crippen molar-refractivity contribution < 1.29 is 13.2 Å². The Morgan fingerprint density at radius 2 is 1.92 bits per heavy atom. The quantitative estimate of drug-likeness (QED) is 0.691. The van der Waals surface area contributed by atoms with Crippen molar-refractivity contribution in [2.75, 3.05) is 7.11 Å².